The molecule has 0 bridgehead atoms. The van der Waals surface area contributed by atoms with Crippen LogP contribution in [0.5, 0.6) is 0 Å². The first kappa shape index (κ1) is 12.5. The molecule has 2 N–H and O–H groups in total. The van der Waals surface area contributed by atoms with Crippen molar-refractivity contribution in [3.8, 4) is 0 Å². The molecule has 0 fully saturated rings. The Kier molecular flexibility index (Phi) is 3.03. The summed E-state index contributed by atoms with van der Waals surface area (Å²) < 4.78 is 3.15. The fourth-order valence-corrected chi connectivity index (χ4v) is 2.10. The topological polar surface area (TPSA) is 78.2 Å². The van der Waals surface area contributed by atoms with E-state index in [-0.39, 0.29) is 10.5 Å². The SMILES string of the molecule is NC(=S)c1cc(Cn2ccn3nccc3c2=O)ccn1. The summed E-state index contributed by atoms with van der Waals surface area (Å²) in [6.07, 6.45) is 6.67. The Morgan fingerprint density at radius 1 is 1.30 bits per heavy atom. The second-order valence-electron chi connectivity index (χ2n) is 4.31. The van der Waals surface area contributed by atoms with Gasteiger partial charge in [0, 0.05) is 18.6 Å². The van der Waals surface area contributed by atoms with E-state index in [9.17, 15) is 4.79 Å². The average Bonchev–Trinajstić information content (AvgIpc) is 2.91. The zero-order valence-electron chi connectivity index (χ0n) is 10.4. The Morgan fingerprint density at radius 2 is 2.15 bits per heavy atom. The molecule has 20 heavy (non-hydrogen) atoms. The molecule has 0 aliphatic carbocycles. The highest BCUT2D eigenvalue weighted by Crippen LogP contribution is 2.04. The number of nitrogens with zero attached hydrogens (tertiary/aromatic N) is 4. The van der Waals surface area contributed by atoms with Crippen molar-refractivity contribution >= 4 is 22.7 Å². The van der Waals surface area contributed by atoms with Crippen LogP contribution in [0.2, 0.25) is 0 Å². The van der Waals surface area contributed by atoms with Crippen LogP contribution in [0.15, 0.2) is 47.8 Å². The Hall–Kier alpha value is -2.54. The van der Waals surface area contributed by atoms with E-state index in [0.717, 1.165) is 5.56 Å². The molecule has 0 aliphatic heterocycles. The quantitative estimate of drug-likeness (QED) is 0.712. The number of aromatic nitrogens is 4. The molecule has 3 aromatic heterocycles. The van der Waals surface area contributed by atoms with Crippen molar-refractivity contribution in [2.75, 3.05) is 0 Å². The summed E-state index contributed by atoms with van der Waals surface area (Å²) in [6.45, 7) is 0.429. The van der Waals surface area contributed by atoms with Gasteiger partial charge in [-0.25, -0.2) is 4.52 Å². The van der Waals surface area contributed by atoms with Gasteiger partial charge in [-0.15, -0.1) is 0 Å². The number of pyridine rings is 1. The molecular weight excluding hydrogens is 274 g/mol. The maximum Gasteiger partial charge on any atom is 0.276 e. The van der Waals surface area contributed by atoms with Crippen LogP contribution < -0.4 is 11.3 Å². The summed E-state index contributed by atoms with van der Waals surface area (Å²) in [5.41, 5.74) is 7.46. The van der Waals surface area contributed by atoms with Gasteiger partial charge < -0.3 is 10.3 Å². The minimum atomic E-state index is -0.0984. The van der Waals surface area contributed by atoms with Crippen molar-refractivity contribution in [1.29, 1.82) is 0 Å². The molecule has 100 valence electrons. The fraction of sp³-hybridized carbons (Fsp3) is 0.0769. The van der Waals surface area contributed by atoms with Gasteiger partial charge in [-0.3, -0.25) is 9.78 Å². The normalized spacial score (nSPS) is 10.8. The summed E-state index contributed by atoms with van der Waals surface area (Å²) in [5.74, 6) is 0. The third-order valence-electron chi connectivity index (χ3n) is 2.97. The Balaban J connectivity index is 2.01. The van der Waals surface area contributed by atoms with Crippen molar-refractivity contribution in [2.24, 2.45) is 5.73 Å². The standard InChI is InChI=1S/C13H11N5OS/c14-12(20)10-7-9(1-3-15-10)8-17-5-6-18-11(13(17)19)2-4-16-18/h1-7H,8H2,(H2,14,20). The van der Waals surface area contributed by atoms with Gasteiger partial charge >= 0.3 is 0 Å². The van der Waals surface area contributed by atoms with Gasteiger partial charge in [-0.2, -0.15) is 5.10 Å². The van der Waals surface area contributed by atoms with Crippen LogP contribution in [0.3, 0.4) is 0 Å². The van der Waals surface area contributed by atoms with Crippen molar-refractivity contribution in [1.82, 2.24) is 19.2 Å². The summed E-state index contributed by atoms with van der Waals surface area (Å²) >= 11 is 4.90. The van der Waals surface area contributed by atoms with Crippen LogP contribution in [-0.4, -0.2) is 24.2 Å². The van der Waals surface area contributed by atoms with E-state index in [2.05, 4.69) is 10.1 Å². The van der Waals surface area contributed by atoms with Crippen LogP contribution in [0.25, 0.3) is 5.52 Å². The summed E-state index contributed by atoms with van der Waals surface area (Å²) in [6, 6.07) is 5.30. The van der Waals surface area contributed by atoms with Gasteiger partial charge in [0.2, 0.25) is 0 Å². The number of rotatable bonds is 3. The third-order valence-corrected chi connectivity index (χ3v) is 3.18. The minimum absolute atomic E-state index is 0.0984. The highest BCUT2D eigenvalue weighted by Gasteiger charge is 2.05. The van der Waals surface area contributed by atoms with E-state index in [1.165, 1.54) is 0 Å². The van der Waals surface area contributed by atoms with E-state index in [1.807, 2.05) is 6.07 Å². The lowest BCUT2D eigenvalue weighted by molar-refractivity contribution is 0.742. The van der Waals surface area contributed by atoms with E-state index >= 15 is 0 Å². The lowest BCUT2D eigenvalue weighted by Gasteiger charge is -2.07. The molecule has 0 spiro atoms. The maximum atomic E-state index is 12.2. The van der Waals surface area contributed by atoms with Crippen molar-refractivity contribution in [3.05, 3.63) is 64.6 Å². The highest BCUT2D eigenvalue weighted by molar-refractivity contribution is 7.80. The molecular formula is C13H11N5OS. The third kappa shape index (κ3) is 2.19. The first-order valence-electron chi connectivity index (χ1n) is 5.93. The Bertz CT molecular complexity index is 851. The number of thiocarbonyl (C=S) groups is 1. The molecule has 3 rings (SSSR count). The van der Waals surface area contributed by atoms with Gasteiger partial charge in [0.15, 0.2) is 0 Å². The zero-order valence-corrected chi connectivity index (χ0v) is 11.2. The molecule has 3 aromatic rings. The molecule has 0 saturated carbocycles. The Labute approximate surface area is 119 Å². The first-order valence-corrected chi connectivity index (χ1v) is 6.33. The zero-order chi connectivity index (χ0) is 14.1. The largest absolute Gasteiger partial charge is 0.388 e. The molecule has 0 atom stereocenters. The molecule has 7 heteroatoms. The smallest absolute Gasteiger partial charge is 0.276 e. The van der Waals surface area contributed by atoms with Crippen molar-refractivity contribution in [3.63, 3.8) is 0 Å². The second-order valence-corrected chi connectivity index (χ2v) is 4.75. The lowest BCUT2D eigenvalue weighted by Crippen LogP contribution is -2.22. The van der Waals surface area contributed by atoms with Crippen molar-refractivity contribution in [2.45, 2.75) is 6.54 Å². The Morgan fingerprint density at radius 3 is 2.95 bits per heavy atom. The number of hydrogen-bond donors (Lipinski definition) is 1. The van der Waals surface area contributed by atoms with Crippen LogP contribution in [0, 0.1) is 0 Å². The monoisotopic (exact) mass is 285 g/mol. The lowest BCUT2D eigenvalue weighted by atomic mass is 10.2. The van der Waals surface area contributed by atoms with E-state index in [1.54, 1.807) is 46.0 Å². The van der Waals surface area contributed by atoms with Crippen LogP contribution >= 0.6 is 12.2 Å². The van der Waals surface area contributed by atoms with Crippen LogP contribution in [0.1, 0.15) is 11.3 Å². The fourth-order valence-electron chi connectivity index (χ4n) is 1.99. The van der Waals surface area contributed by atoms with E-state index in [0.29, 0.717) is 17.8 Å². The molecule has 0 aliphatic rings. The highest BCUT2D eigenvalue weighted by atomic mass is 32.1. The molecule has 0 radical (unpaired) electrons. The molecule has 0 unspecified atom stereocenters. The molecule has 3 heterocycles. The second kappa shape index (κ2) is 4.86. The van der Waals surface area contributed by atoms with Gasteiger partial charge in [0.1, 0.15) is 10.5 Å². The van der Waals surface area contributed by atoms with E-state index < -0.39 is 0 Å². The molecule has 0 amide bonds. The predicted octanol–water partition coefficient (Wildman–Crippen LogP) is 0.573. The first-order chi connectivity index (χ1) is 9.65. The van der Waals surface area contributed by atoms with Gasteiger partial charge in [-0.1, -0.05) is 12.2 Å². The van der Waals surface area contributed by atoms with Gasteiger partial charge in [0.25, 0.3) is 5.56 Å². The number of hydrogen-bond acceptors (Lipinski definition) is 4. The van der Waals surface area contributed by atoms with Crippen LogP contribution in [-0.2, 0) is 6.54 Å². The average molecular weight is 285 g/mol. The van der Waals surface area contributed by atoms with Gasteiger partial charge in [-0.05, 0) is 23.8 Å². The van der Waals surface area contributed by atoms with Gasteiger partial charge in [0.05, 0.1) is 18.4 Å². The van der Waals surface area contributed by atoms with Crippen LogP contribution in [0.4, 0.5) is 0 Å². The maximum absolute atomic E-state index is 12.2. The van der Waals surface area contributed by atoms with E-state index in [4.69, 9.17) is 18.0 Å². The molecule has 0 aromatic carbocycles. The number of fused-ring (bicyclic) bond motifs is 1. The summed E-state index contributed by atoms with van der Waals surface area (Å²) in [5, 5.41) is 4.02. The number of nitrogens with two attached hydrogens (primary N) is 1. The predicted molar refractivity (Wildman–Crippen MR) is 78.7 cm³/mol. The molecule has 0 saturated heterocycles. The summed E-state index contributed by atoms with van der Waals surface area (Å²) in [4.78, 5) is 16.6. The summed E-state index contributed by atoms with van der Waals surface area (Å²) in [7, 11) is 0. The van der Waals surface area contributed by atoms with Crippen molar-refractivity contribution < 1.29 is 0 Å². The minimum Gasteiger partial charge on any atom is -0.388 e. The molecule has 6 nitrogen and oxygen atoms in total.